The Bertz CT molecular complexity index is 563. The van der Waals surface area contributed by atoms with E-state index in [1.807, 2.05) is 26.1 Å². The Morgan fingerprint density at radius 3 is 2.59 bits per heavy atom. The Morgan fingerprint density at radius 2 is 2.12 bits per heavy atom. The van der Waals surface area contributed by atoms with E-state index in [1.54, 1.807) is 17.9 Å². The summed E-state index contributed by atoms with van der Waals surface area (Å²) in [6, 6.07) is 5.50. The molecule has 0 bridgehead atoms. The lowest BCUT2D eigenvalue weighted by Gasteiger charge is -2.05. The van der Waals surface area contributed by atoms with Crippen molar-refractivity contribution in [2.75, 3.05) is 12.8 Å². The number of hydrogen-bond donors (Lipinski definition) is 1. The minimum atomic E-state index is 0.602. The summed E-state index contributed by atoms with van der Waals surface area (Å²) >= 11 is 6.21. The zero-order chi connectivity index (χ0) is 12.6. The molecule has 1 aromatic heterocycles. The van der Waals surface area contributed by atoms with Gasteiger partial charge in [0.1, 0.15) is 11.6 Å². The molecule has 1 heterocycles. The van der Waals surface area contributed by atoms with Crippen molar-refractivity contribution in [2.45, 2.75) is 6.92 Å². The van der Waals surface area contributed by atoms with Gasteiger partial charge in [-0.1, -0.05) is 11.6 Å². The summed E-state index contributed by atoms with van der Waals surface area (Å²) < 4.78 is 6.75. The summed E-state index contributed by atoms with van der Waals surface area (Å²) in [6.07, 6.45) is 0. The first-order chi connectivity index (χ1) is 8.04. The summed E-state index contributed by atoms with van der Waals surface area (Å²) in [4.78, 5) is 0. The largest absolute Gasteiger partial charge is 0.497 e. The van der Waals surface area contributed by atoms with Crippen LogP contribution in [0.25, 0.3) is 11.3 Å². The Kier molecular flexibility index (Phi) is 2.98. The number of nitrogens with two attached hydrogens (primary N) is 1. The normalized spacial score (nSPS) is 10.6. The van der Waals surface area contributed by atoms with Gasteiger partial charge in [-0.2, -0.15) is 5.10 Å². The highest BCUT2D eigenvalue weighted by Gasteiger charge is 2.14. The summed E-state index contributed by atoms with van der Waals surface area (Å²) in [5.41, 5.74) is 8.47. The number of halogens is 1. The highest BCUT2D eigenvalue weighted by Crippen LogP contribution is 2.33. The predicted octanol–water partition coefficient (Wildman–Crippen LogP) is 2.64. The lowest BCUT2D eigenvalue weighted by molar-refractivity contribution is 0.415. The van der Waals surface area contributed by atoms with Crippen molar-refractivity contribution in [3.8, 4) is 17.0 Å². The molecule has 5 heteroatoms. The maximum atomic E-state index is 6.21. The van der Waals surface area contributed by atoms with E-state index in [2.05, 4.69) is 5.10 Å². The molecule has 2 aromatic rings. The van der Waals surface area contributed by atoms with E-state index >= 15 is 0 Å². The van der Waals surface area contributed by atoms with Gasteiger partial charge in [0.05, 0.1) is 17.8 Å². The van der Waals surface area contributed by atoms with Crippen molar-refractivity contribution in [2.24, 2.45) is 7.05 Å². The van der Waals surface area contributed by atoms with Crippen LogP contribution in [-0.4, -0.2) is 16.9 Å². The van der Waals surface area contributed by atoms with E-state index in [9.17, 15) is 0 Å². The van der Waals surface area contributed by atoms with Crippen LogP contribution < -0.4 is 10.5 Å². The summed E-state index contributed by atoms with van der Waals surface area (Å²) in [5.74, 6) is 1.37. The molecular formula is C12H14ClN3O. The van der Waals surface area contributed by atoms with E-state index < -0.39 is 0 Å². The first kappa shape index (κ1) is 11.8. The average molecular weight is 252 g/mol. The summed E-state index contributed by atoms with van der Waals surface area (Å²) in [5, 5.41) is 4.97. The van der Waals surface area contributed by atoms with Crippen LogP contribution in [0.15, 0.2) is 18.2 Å². The van der Waals surface area contributed by atoms with Gasteiger partial charge >= 0.3 is 0 Å². The molecular weight excluding hydrogens is 238 g/mol. The van der Waals surface area contributed by atoms with Crippen LogP contribution in [0.4, 0.5) is 5.82 Å². The fourth-order valence-electron chi connectivity index (χ4n) is 1.71. The molecule has 17 heavy (non-hydrogen) atoms. The Balaban J connectivity index is 2.57. The van der Waals surface area contributed by atoms with Crippen LogP contribution in [0.5, 0.6) is 5.75 Å². The number of anilines is 1. The molecule has 0 saturated heterocycles. The van der Waals surface area contributed by atoms with Gasteiger partial charge in [-0.15, -0.1) is 0 Å². The molecule has 2 N–H and O–H groups in total. The minimum absolute atomic E-state index is 0.602. The molecule has 90 valence electrons. The molecule has 0 aliphatic heterocycles. The highest BCUT2D eigenvalue weighted by atomic mass is 35.5. The first-order valence-electron chi connectivity index (χ1n) is 5.17. The van der Waals surface area contributed by atoms with E-state index in [0.717, 1.165) is 22.6 Å². The van der Waals surface area contributed by atoms with Gasteiger partial charge < -0.3 is 10.5 Å². The monoisotopic (exact) mass is 251 g/mol. The van der Waals surface area contributed by atoms with Gasteiger partial charge in [-0.05, 0) is 25.1 Å². The van der Waals surface area contributed by atoms with Gasteiger partial charge in [-0.3, -0.25) is 4.68 Å². The van der Waals surface area contributed by atoms with Gasteiger partial charge in [-0.25, -0.2) is 0 Å². The number of ether oxygens (including phenoxy) is 1. The average Bonchev–Trinajstić information content (AvgIpc) is 2.57. The number of methoxy groups -OCH3 is 1. The van der Waals surface area contributed by atoms with Crippen molar-refractivity contribution in [3.63, 3.8) is 0 Å². The zero-order valence-corrected chi connectivity index (χ0v) is 10.7. The number of rotatable bonds is 2. The Labute approximate surface area is 105 Å². The third kappa shape index (κ3) is 1.96. The molecule has 0 amide bonds. The Morgan fingerprint density at radius 1 is 1.41 bits per heavy atom. The number of hydrogen-bond acceptors (Lipinski definition) is 3. The number of nitrogen functional groups attached to an aromatic ring is 1. The van der Waals surface area contributed by atoms with Crippen LogP contribution in [0, 0.1) is 6.92 Å². The molecule has 0 unspecified atom stereocenters. The second kappa shape index (κ2) is 4.30. The van der Waals surface area contributed by atoms with Gasteiger partial charge in [0.2, 0.25) is 0 Å². The fourth-order valence-corrected chi connectivity index (χ4v) is 1.97. The maximum absolute atomic E-state index is 6.21. The van der Waals surface area contributed by atoms with Crippen LogP contribution in [0.3, 0.4) is 0 Å². The van der Waals surface area contributed by atoms with Crippen molar-refractivity contribution in [1.82, 2.24) is 9.78 Å². The molecule has 0 saturated carbocycles. The molecule has 4 nitrogen and oxygen atoms in total. The molecule has 1 aromatic carbocycles. The lowest BCUT2D eigenvalue weighted by Crippen LogP contribution is -1.97. The molecule has 0 fully saturated rings. The number of nitrogens with zero attached hydrogens (tertiary/aromatic N) is 2. The van der Waals surface area contributed by atoms with Crippen LogP contribution in [-0.2, 0) is 7.05 Å². The molecule has 0 aliphatic carbocycles. The second-order valence-corrected chi connectivity index (χ2v) is 4.24. The minimum Gasteiger partial charge on any atom is -0.497 e. The van der Waals surface area contributed by atoms with E-state index in [-0.39, 0.29) is 0 Å². The van der Waals surface area contributed by atoms with Crippen LogP contribution in [0.1, 0.15) is 5.56 Å². The second-order valence-electron chi connectivity index (χ2n) is 3.83. The Hall–Kier alpha value is -1.68. The number of aromatic nitrogens is 2. The standard InChI is InChI=1S/C12H14ClN3O/c1-7-11(15-16(2)12(7)14)9-5-4-8(17-3)6-10(9)13/h4-6H,14H2,1-3H3. The van der Waals surface area contributed by atoms with E-state index in [4.69, 9.17) is 22.1 Å². The first-order valence-corrected chi connectivity index (χ1v) is 5.55. The van der Waals surface area contributed by atoms with Crippen LogP contribution >= 0.6 is 11.6 Å². The van der Waals surface area contributed by atoms with Gasteiger partial charge in [0.15, 0.2) is 0 Å². The topological polar surface area (TPSA) is 53.1 Å². The smallest absolute Gasteiger partial charge is 0.124 e. The quantitative estimate of drug-likeness (QED) is 0.893. The summed E-state index contributed by atoms with van der Waals surface area (Å²) in [7, 11) is 3.42. The SMILES string of the molecule is COc1ccc(-c2nn(C)c(N)c2C)c(Cl)c1. The number of benzene rings is 1. The highest BCUT2D eigenvalue weighted by molar-refractivity contribution is 6.33. The van der Waals surface area contributed by atoms with Crippen molar-refractivity contribution >= 4 is 17.4 Å². The third-order valence-electron chi connectivity index (χ3n) is 2.77. The molecule has 0 radical (unpaired) electrons. The van der Waals surface area contributed by atoms with E-state index in [1.165, 1.54) is 0 Å². The van der Waals surface area contributed by atoms with Crippen LogP contribution in [0.2, 0.25) is 5.02 Å². The number of aryl methyl sites for hydroxylation is 1. The van der Waals surface area contributed by atoms with E-state index in [0.29, 0.717) is 10.8 Å². The molecule has 2 rings (SSSR count). The van der Waals surface area contributed by atoms with Crippen molar-refractivity contribution < 1.29 is 4.74 Å². The summed E-state index contributed by atoms with van der Waals surface area (Å²) in [6.45, 7) is 1.93. The third-order valence-corrected chi connectivity index (χ3v) is 3.08. The lowest BCUT2D eigenvalue weighted by atomic mass is 10.1. The van der Waals surface area contributed by atoms with Gasteiger partial charge in [0, 0.05) is 18.2 Å². The maximum Gasteiger partial charge on any atom is 0.124 e. The fraction of sp³-hybridized carbons (Fsp3) is 0.250. The molecule has 0 atom stereocenters. The van der Waals surface area contributed by atoms with Gasteiger partial charge in [0.25, 0.3) is 0 Å². The molecule has 0 aliphatic rings. The predicted molar refractivity (Wildman–Crippen MR) is 69.4 cm³/mol. The van der Waals surface area contributed by atoms with Crippen molar-refractivity contribution in [3.05, 3.63) is 28.8 Å². The zero-order valence-electron chi connectivity index (χ0n) is 9.99. The molecule has 0 spiro atoms. The van der Waals surface area contributed by atoms with Crippen molar-refractivity contribution in [1.29, 1.82) is 0 Å².